The van der Waals surface area contributed by atoms with Crippen molar-refractivity contribution < 1.29 is 18.7 Å². The third kappa shape index (κ3) is 4.45. The molecule has 1 heterocycles. The molecule has 1 amide bonds. The van der Waals surface area contributed by atoms with Gasteiger partial charge in [-0.3, -0.25) is 4.79 Å². The highest BCUT2D eigenvalue weighted by Gasteiger charge is 2.19. The molecule has 25 heavy (non-hydrogen) atoms. The molecule has 0 unspecified atom stereocenters. The van der Waals surface area contributed by atoms with Crippen molar-refractivity contribution >= 4 is 23.2 Å². The number of halogens is 1. The van der Waals surface area contributed by atoms with Gasteiger partial charge in [0, 0.05) is 4.88 Å². The highest BCUT2D eigenvalue weighted by atomic mass is 32.1. The Morgan fingerprint density at radius 3 is 2.68 bits per heavy atom. The molecule has 0 fully saturated rings. The van der Waals surface area contributed by atoms with Gasteiger partial charge in [-0.15, -0.1) is 11.3 Å². The van der Waals surface area contributed by atoms with Crippen molar-refractivity contribution in [3.63, 3.8) is 0 Å². The zero-order chi connectivity index (χ0) is 17.8. The number of carbonyl (C=O) groups excluding carboxylic acids is 2. The first-order chi connectivity index (χ1) is 12.0. The molecule has 4 nitrogen and oxygen atoms in total. The van der Waals surface area contributed by atoms with E-state index < -0.39 is 5.97 Å². The van der Waals surface area contributed by atoms with Crippen LogP contribution in [0.5, 0.6) is 0 Å². The lowest BCUT2D eigenvalue weighted by Crippen LogP contribution is -2.31. The van der Waals surface area contributed by atoms with E-state index in [9.17, 15) is 14.0 Å². The average Bonchev–Trinajstić information content (AvgIpc) is 3.04. The number of ether oxygens (including phenoxy) is 1. The lowest BCUT2D eigenvalue weighted by molar-refractivity contribution is -0.124. The normalized spacial score (nSPS) is 14.5. The number of benzene rings is 1. The molecule has 0 bridgehead atoms. The smallest absolute Gasteiger partial charge is 0.348 e. The number of thiophene rings is 1. The van der Waals surface area contributed by atoms with Crippen molar-refractivity contribution in [2.24, 2.45) is 0 Å². The van der Waals surface area contributed by atoms with Crippen molar-refractivity contribution in [2.75, 3.05) is 6.61 Å². The highest BCUT2D eigenvalue weighted by molar-refractivity contribution is 7.14. The third-order valence-corrected chi connectivity index (χ3v) is 5.50. The molecule has 1 aliphatic carbocycles. The van der Waals surface area contributed by atoms with E-state index in [0.717, 1.165) is 31.2 Å². The maximum absolute atomic E-state index is 12.9. The Hall–Kier alpha value is -2.21. The summed E-state index contributed by atoms with van der Waals surface area (Å²) in [7, 11) is 0. The van der Waals surface area contributed by atoms with Crippen LogP contribution < -0.4 is 5.32 Å². The minimum atomic E-state index is -0.455. The molecule has 1 N–H and O–H groups in total. The summed E-state index contributed by atoms with van der Waals surface area (Å²) in [6.07, 6.45) is 4.34. The van der Waals surface area contributed by atoms with E-state index in [1.807, 2.05) is 6.07 Å². The van der Waals surface area contributed by atoms with Crippen molar-refractivity contribution in [3.05, 3.63) is 57.0 Å². The number of hydrogen-bond acceptors (Lipinski definition) is 4. The van der Waals surface area contributed by atoms with Crippen LogP contribution in [0.3, 0.4) is 0 Å². The van der Waals surface area contributed by atoms with Crippen LogP contribution in [0.25, 0.3) is 0 Å². The van der Waals surface area contributed by atoms with Gasteiger partial charge in [0.2, 0.25) is 0 Å². The molecular formula is C19H20FNO3S. The topological polar surface area (TPSA) is 55.4 Å². The van der Waals surface area contributed by atoms with Gasteiger partial charge in [-0.1, -0.05) is 12.1 Å². The number of carbonyl (C=O) groups is 2. The Labute approximate surface area is 150 Å². The molecule has 1 atom stereocenters. The molecule has 3 rings (SSSR count). The summed E-state index contributed by atoms with van der Waals surface area (Å²) in [5.41, 5.74) is 2.02. The number of fused-ring (bicyclic) bond motifs is 1. The van der Waals surface area contributed by atoms with Gasteiger partial charge < -0.3 is 10.1 Å². The second-order valence-electron chi connectivity index (χ2n) is 6.18. The van der Waals surface area contributed by atoms with E-state index in [-0.39, 0.29) is 24.4 Å². The molecule has 132 valence electrons. The van der Waals surface area contributed by atoms with Crippen LogP contribution in [0.4, 0.5) is 4.39 Å². The van der Waals surface area contributed by atoms with E-state index in [0.29, 0.717) is 4.88 Å². The Balaban J connectivity index is 1.50. The predicted molar refractivity (Wildman–Crippen MR) is 94.2 cm³/mol. The fraction of sp³-hybridized carbons (Fsp3) is 0.368. The molecule has 0 spiro atoms. The third-order valence-electron chi connectivity index (χ3n) is 4.28. The summed E-state index contributed by atoms with van der Waals surface area (Å²) >= 11 is 1.47. The first-order valence-electron chi connectivity index (χ1n) is 8.36. The van der Waals surface area contributed by atoms with Crippen LogP contribution >= 0.6 is 11.3 Å². The molecule has 0 saturated heterocycles. The Bertz CT molecular complexity index is 746. The first kappa shape index (κ1) is 17.6. The van der Waals surface area contributed by atoms with Crippen molar-refractivity contribution in [3.8, 4) is 0 Å². The van der Waals surface area contributed by atoms with Gasteiger partial charge in [0.25, 0.3) is 5.91 Å². The van der Waals surface area contributed by atoms with Gasteiger partial charge in [0.15, 0.2) is 6.61 Å². The summed E-state index contributed by atoms with van der Waals surface area (Å²) in [5.74, 6) is -1.16. The van der Waals surface area contributed by atoms with Crippen LogP contribution in [0, 0.1) is 5.82 Å². The Morgan fingerprint density at radius 1 is 1.24 bits per heavy atom. The molecule has 0 aliphatic heterocycles. The summed E-state index contributed by atoms with van der Waals surface area (Å²) < 4.78 is 18.0. The van der Waals surface area contributed by atoms with Gasteiger partial charge >= 0.3 is 5.97 Å². The van der Waals surface area contributed by atoms with Crippen LogP contribution in [0.2, 0.25) is 0 Å². The second kappa shape index (κ2) is 7.78. The van der Waals surface area contributed by atoms with Crippen molar-refractivity contribution in [1.82, 2.24) is 5.32 Å². The maximum atomic E-state index is 12.9. The molecule has 2 aromatic rings. The summed E-state index contributed by atoms with van der Waals surface area (Å²) in [6, 6.07) is 7.51. The summed E-state index contributed by atoms with van der Waals surface area (Å²) in [5, 5.41) is 2.74. The molecule has 6 heteroatoms. The number of amides is 1. The minimum absolute atomic E-state index is 0.291. The highest BCUT2D eigenvalue weighted by Crippen LogP contribution is 2.30. The zero-order valence-corrected chi connectivity index (χ0v) is 14.8. The van der Waals surface area contributed by atoms with E-state index in [2.05, 4.69) is 5.32 Å². The quantitative estimate of drug-likeness (QED) is 0.824. The molecular weight excluding hydrogens is 341 g/mol. The van der Waals surface area contributed by atoms with Crippen molar-refractivity contribution in [1.29, 1.82) is 0 Å². The second-order valence-corrected chi connectivity index (χ2v) is 7.32. The van der Waals surface area contributed by atoms with Gasteiger partial charge in [-0.2, -0.15) is 0 Å². The van der Waals surface area contributed by atoms with Crippen LogP contribution in [0.1, 0.15) is 51.5 Å². The fourth-order valence-corrected chi connectivity index (χ4v) is 4.06. The Morgan fingerprint density at radius 2 is 1.96 bits per heavy atom. The van der Waals surface area contributed by atoms with Crippen molar-refractivity contribution in [2.45, 2.75) is 38.6 Å². The van der Waals surface area contributed by atoms with Crippen LogP contribution in [0.15, 0.2) is 30.3 Å². The fourth-order valence-electron chi connectivity index (χ4n) is 2.91. The van der Waals surface area contributed by atoms with E-state index in [1.54, 1.807) is 19.1 Å². The zero-order valence-electron chi connectivity index (χ0n) is 14.0. The minimum Gasteiger partial charge on any atom is -0.451 e. The number of rotatable bonds is 5. The van der Waals surface area contributed by atoms with Crippen LogP contribution in [-0.2, 0) is 22.4 Å². The van der Waals surface area contributed by atoms with E-state index in [1.165, 1.54) is 33.9 Å². The number of hydrogen-bond donors (Lipinski definition) is 1. The number of nitrogens with one attached hydrogen (secondary N) is 1. The number of esters is 1. The number of aryl methyl sites for hydroxylation is 2. The van der Waals surface area contributed by atoms with Crippen LogP contribution in [-0.4, -0.2) is 18.5 Å². The van der Waals surface area contributed by atoms with Gasteiger partial charge in [0.1, 0.15) is 10.7 Å². The SMILES string of the molecule is C[C@@H](NC(=O)COC(=O)c1cc2c(s1)CCCC2)c1ccc(F)cc1. The molecule has 1 aromatic heterocycles. The predicted octanol–water partition coefficient (Wildman–Crippen LogP) is 3.80. The lowest BCUT2D eigenvalue weighted by atomic mass is 9.99. The molecule has 1 aliphatic rings. The largest absolute Gasteiger partial charge is 0.451 e. The van der Waals surface area contributed by atoms with Gasteiger partial charge in [0.05, 0.1) is 6.04 Å². The van der Waals surface area contributed by atoms with E-state index >= 15 is 0 Å². The lowest BCUT2D eigenvalue weighted by Gasteiger charge is -2.14. The summed E-state index contributed by atoms with van der Waals surface area (Å²) in [4.78, 5) is 25.9. The molecule has 0 saturated carbocycles. The summed E-state index contributed by atoms with van der Waals surface area (Å²) in [6.45, 7) is 1.47. The van der Waals surface area contributed by atoms with Gasteiger partial charge in [-0.25, -0.2) is 9.18 Å². The first-order valence-corrected chi connectivity index (χ1v) is 9.18. The van der Waals surface area contributed by atoms with Gasteiger partial charge in [-0.05, 0) is 61.9 Å². The Kier molecular flexibility index (Phi) is 5.48. The molecule has 0 radical (unpaired) electrons. The average molecular weight is 361 g/mol. The standard InChI is InChI=1S/C19H20FNO3S/c1-12(13-6-8-15(20)9-7-13)21-18(22)11-24-19(23)17-10-14-4-2-3-5-16(14)25-17/h6-10,12H,2-5,11H2,1H3,(H,21,22)/t12-/m1/s1. The monoisotopic (exact) mass is 361 g/mol. The van der Waals surface area contributed by atoms with E-state index in [4.69, 9.17) is 4.74 Å². The maximum Gasteiger partial charge on any atom is 0.348 e. The molecule has 1 aromatic carbocycles.